The summed E-state index contributed by atoms with van der Waals surface area (Å²) in [7, 11) is 3.99. The van der Waals surface area contributed by atoms with Gasteiger partial charge in [0.25, 0.3) is 0 Å². The molecule has 0 bridgehead atoms. The number of halogens is 1. The van der Waals surface area contributed by atoms with Gasteiger partial charge in [0.1, 0.15) is 5.82 Å². The SMILES string of the molecule is C=C/C=C1/CN=C(c2ccc(F)cc2)c2ccc(COSOCC)cc2/C1=C/N(C)C.CCC. The quantitative estimate of drug-likeness (QED) is 0.294. The molecule has 34 heavy (non-hydrogen) atoms. The monoisotopic (exact) mass is 482 g/mol. The lowest BCUT2D eigenvalue weighted by atomic mass is 9.90. The van der Waals surface area contributed by atoms with Gasteiger partial charge in [-0.2, -0.15) is 0 Å². The maximum absolute atomic E-state index is 13.5. The summed E-state index contributed by atoms with van der Waals surface area (Å²) in [6, 6.07) is 12.7. The van der Waals surface area contributed by atoms with Gasteiger partial charge in [-0.1, -0.05) is 51.1 Å². The Morgan fingerprint density at radius 2 is 1.76 bits per heavy atom. The molecule has 0 saturated carbocycles. The Kier molecular flexibility index (Phi) is 11.8. The summed E-state index contributed by atoms with van der Waals surface area (Å²) in [4.78, 5) is 6.92. The standard InChI is InChI=1S/C25H27FN2O2S.C3H8/c1-5-7-20-15-27-25(19-9-11-21(26)12-10-19)22-13-8-18(17-30-31-29-6-2)14-23(22)24(20)16-28(3)4;1-3-2/h5,7-14,16H,1,6,15,17H2,2-4H3;3H2,1-2H3/b20-7-,24-16+;. The summed E-state index contributed by atoms with van der Waals surface area (Å²) < 4.78 is 24.3. The highest BCUT2D eigenvalue weighted by molar-refractivity contribution is 7.89. The van der Waals surface area contributed by atoms with Crippen LogP contribution in [0.5, 0.6) is 0 Å². The van der Waals surface area contributed by atoms with E-state index in [-0.39, 0.29) is 5.82 Å². The zero-order valence-electron chi connectivity index (χ0n) is 20.8. The number of aliphatic imine (C=N–C) groups is 1. The summed E-state index contributed by atoms with van der Waals surface area (Å²) in [5.41, 5.74) is 6.90. The van der Waals surface area contributed by atoms with Gasteiger partial charge in [-0.05, 0) is 54.0 Å². The summed E-state index contributed by atoms with van der Waals surface area (Å²) in [6.07, 6.45) is 7.11. The number of hydrogen-bond acceptors (Lipinski definition) is 5. The first-order chi connectivity index (χ1) is 16.4. The van der Waals surface area contributed by atoms with Crippen LogP contribution in [0.3, 0.4) is 0 Å². The lowest BCUT2D eigenvalue weighted by Crippen LogP contribution is -2.08. The van der Waals surface area contributed by atoms with Crippen LogP contribution in [0.4, 0.5) is 4.39 Å². The third-order valence-electron chi connectivity index (χ3n) is 4.65. The lowest BCUT2D eigenvalue weighted by Gasteiger charge is -2.17. The molecule has 1 aliphatic rings. The average Bonchev–Trinajstić information content (AvgIpc) is 2.95. The Labute approximate surface area is 208 Å². The van der Waals surface area contributed by atoms with Gasteiger partial charge in [0.05, 0.1) is 25.5 Å². The van der Waals surface area contributed by atoms with Crippen LogP contribution in [0, 0.1) is 5.82 Å². The van der Waals surface area contributed by atoms with Crippen LogP contribution in [0.25, 0.3) is 5.57 Å². The van der Waals surface area contributed by atoms with Gasteiger partial charge in [-0.3, -0.25) is 13.4 Å². The number of allylic oxidation sites excluding steroid dienone is 2. The minimum atomic E-state index is -0.266. The van der Waals surface area contributed by atoms with Crippen molar-refractivity contribution in [3.63, 3.8) is 0 Å². The van der Waals surface area contributed by atoms with E-state index < -0.39 is 0 Å². The molecule has 0 fully saturated rings. The Bertz CT molecular complexity index is 1030. The second kappa shape index (κ2) is 14.6. The zero-order valence-corrected chi connectivity index (χ0v) is 21.6. The Hall–Kier alpha value is -2.67. The number of fused-ring (bicyclic) bond motifs is 1. The van der Waals surface area contributed by atoms with Gasteiger partial charge in [0.2, 0.25) is 0 Å². The van der Waals surface area contributed by atoms with Crippen molar-refractivity contribution in [3.05, 3.63) is 101 Å². The maximum atomic E-state index is 13.5. The third-order valence-corrected chi connectivity index (χ3v) is 5.19. The molecular weight excluding hydrogens is 447 g/mol. The molecule has 6 heteroatoms. The van der Waals surface area contributed by atoms with Crippen LogP contribution >= 0.6 is 12.3 Å². The summed E-state index contributed by atoms with van der Waals surface area (Å²) in [5.74, 6) is -0.266. The fourth-order valence-corrected chi connectivity index (χ4v) is 3.69. The van der Waals surface area contributed by atoms with Gasteiger partial charge in [-0.15, -0.1) is 0 Å². The summed E-state index contributed by atoms with van der Waals surface area (Å²) in [5, 5.41) is 0. The second-order valence-corrected chi connectivity index (χ2v) is 8.54. The van der Waals surface area contributed by atoms with Crippen molar-refractivity contribution in [1.29, 1.82) is 0 Å². The van der Waals surface area contributed by atoms with Crippen molar-refractivity contribution < 1.29 is 12.8 Å². The molecule has 1 aliphatic heterocycles. The highest BCUT2D eigenvalue weighted by Gasteiger charge is 2.21. The fourth-order valence-electron chi connectivity index (χ4n) is 3.34. The van der Waals surface area contributed by atoms with E-state index in [1.807, 2.05) is 38.1 Å². The number of nitrogens with zero attached hydrogens (tertiary/aromatic N) is 2. The first kappa shape index (κ1) is 27.6. The molecule has 182 valence electrons. The average molecular weight is 483 g/mol. The van der Waals surface area contributed by atoms with Crippen LogP contribution in [0.1, 0.15) is 49.4 Å². The number of hydrogen-bond donors (Lipinski definition) is 0. The minimum absolute atomic E-state index is 0.266. The molecule has 0 N–H and O–H groups in total. The molecule has 1 heterocycles. The first-order valence-electron chi connectivity index (χ1n) is 11.5. The maximum Gasteiger partial charge on any atom is 0.158 e. The molecule has 0 saturated heterocycles. The van der Waals surface area contributed by atoms with E-state index in [0.29, 0.717) is 19.8 Å². The highest BCUT2D eigenvalue weighted by Crippen LogP contribution is 2.33. The fraction of sp³-hybridized carbons (Fsp3) is 0.321. The topological polar surface area (TPSA) is 34.1 Å². The van der Waals surface area contributed by atoms with E-state index in [9.17, 15) is 4.39 Å². The zero-order chi connectivity index (χ0) is 24.9. The lowest BCUT2D eigenvalue weighted by molar-refractivity contribution is 0.289. The molecule has 0 radical (unpaired) electrons. The molecule has 2 aromatic rings. The molecule has 4 nitrogen and oxygen atoms in total. The van der Waals surface area contributed by atoms with E-state index in [0.717, 1.165) is 51.4 Å². The van der Waals surface area contributed by atoms with E-state index in [1.165, 1.54) is 18.6 Å². The predicted octanol–water partition coefficient (Wildman–Crippen LogP) is 7.22. The van der Waals surface area contributed by atoms with Gasteiger partial charge in [0.15, 0.2) is 12.3 Å². The molecule has 2 aromatic carbocycles. The summed E-state index contributed by atoms with van der Waals surface area (Å²) >= 11 is 1.00. The molecular formula is C28H35FN2O2S. The molecule has 0 spiro atoms. The van der Waals surface area contributed by atoms with Gasteiger partial charge < -0.3 is 4.90 Å². The van der Waals surface area contributed by atoms with Crippen LogP contribution in [0.15, 0.2) is 78.0 Å². The second-order valence-electron chi connectivity index (χ2n) is 7.93. The van der Waals surface area contributed by atoms with E-state index >= 15 is 0 Å². The van der Waals surface area contributed by atoms with Crippen molar-refractivity contribution in [2.75, 3.05) is 27.2 Å². The Morgan fingerprint density at radius 3 is 2.38 bits per heavy atom. The van der Waals surface area contributed by atoms with Crippen molar-refractivity contribution in [2.24, 2.45) is 4.99 Å². The predicted molar refractivity (Wildman–Crippen MR) is 143 cm³/mol. The van der Waals surface area contributed by atoms with Gasteiger partial charge in [-0.25, -0.2) is 4.39 Å². The Balaban J connectivity index is 0.00000129. The van der Waals surface area contributed by atoms with Crippen LogP contribution < -0.4 is 0 Å². The highest BCUT2D eigenvalue weighted by atomic mass is 32.2. The van der Waals surface area contributed by atoms with Crippen molar-refractivity contribution in [3.8, 4) is 0 Å². The van der Waals surface area contributed by atoms with Crippen molar-refractivity contribution in [1.82, 2.24) is 4.90 Å². The van der Waals surface area contributed by atoms with Gasteiger partial charge >= 0.3 is 0 Å². The molecule has 3 rings (SSSR count). The minimum Gasteiger partial charge on any atom is -0.383 e. The molecule has 0 aromatic heterocycles. The number of benzene rings is 2. The molecule has 0 aliphatic carbocycles. The van der Waals surface area contributed by atoms with Crippen LogP contribution in [-0.4, -0.2) is 37.9 Å². The van der Waals surface area contributed by atoms with E-state index in [4.69, 9.17) is 13.4 Å². The molecule has 0 amide bonds. The molecule has 0 unspecified atom stereocenters. The molecule has 0 atom stereocenters. The largest absolute Gasteiger partial charge is 0.383 e. The smallest absolute Gasteiger partial charge is 0.158 e. The van der Waals surface area contributed by atoms with E-state index in [1.54, 1.807) is 18.2 Å². The summed E-state index contributed by atoms with van der Waals surface area (Å²) in [6.45, 7) is 11.5. The van der Waals surface area contributed by atoms with Crippen molar-refractivity contribution >= 4 is 23.6 Å². The van der Waals surface area contributed by atoms with Gasteiger partial charge in [0, 0.05) is 37.0 Å². The van der Waals surface area contributed by atoms with Crippen LogP contribution in [-0.2, 0) is 15.0 Å². The normalized spacial score (nSPS) is 15.2. The van der Waals surface area contributed by atoms with E-state index in [2.05, 4.69) is 38.8 Å². The Morgan fingerprint density at radius 1 is 1.06 bits per heavy atom. The number of rotatable bonds is 8. The van der Waals surface area contributed by atoms with Crippen molar-refractivity contribution in [2.45, 2.75) is 33.8 Å². The first-order valence-corrected chi connectivity index (χ1v) is 12.2. The third kappa shape index (κ3) is 7.97. The van der Waals surface area contributed by atoms with Crippen LogP contribution in [0.2, 0.25) is 0 Å².